The van der Waals surface area contributed by atoms with Crippen LogP contribution in [0.1, 0.15) is 42.7 Å². The number of carboxylic acids is 1. The minimum Gasteiger partial charge on any atom is -0.480 e. The van der Waals surface area contributed by atoms with Gasteiger partial charge in [-0.25, -0.2) is 9.59 Å². The highest BCUT2D eigenvalue weighted by Crippen LogP contribution is 2.44. The first-order chi connectivity index (χ1) is 16.5. The number of amides is 2. The Morgan fingerprint density at radius 3 is 2.32 bits per heavy atom. The number of hydrogen-bond donors (Lipinski definition) is 3. The molecule has 180 valence electrons. The van der Waals surface area contributed by atoms with Crippen LogP contribution in [0, 0.1) is 5.92 Å². The van der Waals surface area contributed by atoms with Crippen molar-refractivity contribution in [1.29, 1.82) is 0 Å². The van der Waals surface area contributed by atoms with E-state index in [2.05, 4.69) is 34.9 Å². The van der Waals surface area contributed by atoms with Crippen molar-refractivity contribution < 1.29 is 29.0 Å². The van der Waals surface area contributed by atoms with Gasteiger partial charge < -0.3 is 25.2 Å². The monoisotopic (exact) mass is 466 g/mol. The van der Waals surface area contributed by atoms with Crippen molar-refractivity contribution in [3.8, 4) is 11.1 Å². The molecule has 0 spiro atoms. The highest BCUT2D eigenvalue weighted by molar-refractivity contribution is 5.79. The lowest BCUT2D eigenvalue weighted by Crippen LogP contribution is -2.40. The number of carboxylic acid groups (broad SMARTS) is 1. The summed E-state index contributed by atoms with van der Waals surface area (Å²) in [5, 5.41) is 14.2. The standard InChI is InChI=1S/C26H30N2O6/c29-24(27-12-13-33-16-25(30)31)14-17-6-5-11-23(17)28-26(32)34-15-22-20-9-3-1-7-18(20)19-8-2-4-10-21(19)22/h1-4,7-10,17,22-23H,5-6,11-16H2,(H,27,29)(H,28,32)(H,30,31)/t17-,23+/m0/s1. The molecule has 4 rings (SSSR count). The van der Waals surface area contributed by atoms with Gasteiger partial charge in [0.2, 0.25) is 5.91 Å². The van der Waals surface area contributed by atoms with Crippen LogP contribution >= 0.6 is 0 Å². The fraction of sp³-hybridized carbons (Fsp3) is 0.423. The van der Waals surface area contributed by atoms with Crippen LogP contribution in [0.4, 0.5) is 4.79 Å². The minimum absolute atomic E-state index is 0.00616. The molecule has 0 aliphatic heterocycles. The lowest BCUT2D eigenvalue weighted by Gasteiger charge is -2.21. The molecule has 1 saturated carbocycles. The number of fused-ring (bicyclic) bond motifs is 3. The van der Waals surface area contributed by atoms with Gasteiger partial charge in [0.05, 0.1) is 6.61 Å². The summed E-state index contributed by atoms with van der Waals surface area (Å²) in [6.45, 7) is 0.270. The zero-order valence-electron chi connectivity index (χ0n) is 19.0. The molecule has 2 aliphatic carbocycles. The average molecular weight is 467 g/mol. The number of benzene rings is 2. The third kappa shape index (κ3) is 5.75. The normalized spacial score (nSPS) is 18.7. The molecule has 2 aromatic carbocycles. The number of carbonyl (C=O) groups is 3. The van der Waals surface area contributed by atoms with Crippen LogP contribution in [-0.4, -0.2) is 55.5 Å². The van der Waals surface area contributed by atoms with E-state index in [1.165, 1.54) is 22.3 Å². The fourth-order valence-electron chi connectivity index (χ4n) is 5.00. The molecule has 34 heavy (non-hydrogen) atoms. The number of carbonyl (C=O) groups excluding carboxylic acids is 2. The van der Waals surface area contributed by atoms with Gasteiger partial charge in [-0.2, -0.15) is 0 Å². The Hall–Kier alpha value is -3.39. The molecule has 2 atom stereocenters. The number of hydrogen-bond acceptors (Lipinski definition) is 5. The van der Waals surface area contributed by atoms with Crippen LogP contribution in [-0.2, 0) is 19.1 Å². The summed E-state index contributed by atoms with van der Waals surface area (Å²) < 4.78 is 10.6. The van der Waals surface area contributed by atoms with Gasteiger partial charge in [0, 0.05) is 24.9 Å². The SMILES string of the molecule is O=C(O)COCCNC(=O)C[C@@H]1CCC[C@H]1NC(=O)OCC1c2ccccc2-c2ccccc21. The number of alkyl carbamates (subject to hydrolysis) is 1. The maximum atomic E-state index is 12.6. The second kappa shape index (κ2) is 11.2. The second-order valence-electron chi connectivity index (χ2n) is 8.77. The largest absolute Gasteiger partial charge is 0.480 e. The van der Waals surface area contributed by atoms with E-state index >= 15 is 0 Å². The van der Waals surface area contributed by atoms with Crippen molar-refractivity contribution in [2.45, 2.75) is 37.6 Å². The van der Waals surface area contributed by atoms with Crippen LogP contribution < -0.4 is 10.6 Å². The molecule has 2 amide bonds. The highest BCUT2D eigenvalue weighted by atomic mass is 16.5. The van der Waals surface area contributed by atoms with Crippen molar-refractivity contribution in [2.75, 3.05) is 26.4 Å². The molecular weight excluding hydrogens is 436 g/mol. The molecule has 0 saturated heterocycles. The minimum atomic E-state index is -1.04. The van der Waals surface area contributed by atoms with Crippen LogP contribution in [0.15, 0.2) is 48.5 Å². The highest BCUT2D eigenvalue weighted by Gasteiger charge is 2.32. The van der Waals surface area contributed by atoms with E-state index in [1.54, 1.807) is 0 Å². The molecule has 3 N–H and O–H groups in total. The fourth-order valence-corrected chi connectivity index (χ4v) is 5.00. The zero-order valence-corrected chi connectivity index (χ0v) is 19.0. The van der Waals surface area contributed by atoms with Crippen LogP contribution in [0.25, 0.3) is 11.1 Å². The Morgan fingerprint density at radius 2 is 1.65 bits per heavy atom. The van der Waals surface area contributed by atoms with Gasteiger partial charge in [-0.05, 0) is 41.0 Å². The van der Waals surface area contributed by atoms with Gasteiger partial charge in [-0.3, -0.25) is 4.79 Å². The summed E-state index contributed by atoms with van der Waals surface area (Å²) >= 11 is 0. The summed E-state index contributed by atoms with van der Waals surface area (Å²) in [7, 11) is 0. The molecule has 0 radical (unpaired) electrons. The second-order valence-corrected chi connectivity index (χ2v) is 8.77. The number of rotatable bonds is 10. The Balaban J connectivity index is 1.25. The lowest BCUT2D eigenvalue weighted by atomic mass is 9.98. The number of aliphatic carboxylic acids is 1. The Bertz CT molecular complexity index is 994. The van der Waals surface area contributed by atoms with Crippen molar-refractivity contribution >= 4 is 18.0 Å². The zero-order chi connectivity index (χ0) is 23.9. The Labute approximate surface area is 198 Å². The maximum Gasteiger partial charge on any atom is 0.407 e. The van der Waals surface area contributed by atoms with Gasteiger partial charge >= 0.3 is 12.1 Å². The molecule has 2 aliphatic rings. The van der Waals surface area contributed by atoms with E-state index in [4.69, 9.17) is 14.6 Å². The molecule has 0 aromatic heterocycles. The van der Waals surface area contributed by atoms with E-state index in [9.17, 15) is 14.4 Å². The van der Waals surface area contributed by atoms with E-state index in [0.29, 0.717) is 6.42 Å². The first-order valence-corrected chi connectivity index (χ1v) is 11.7. The quantitative estimate of drug-likeness (QED) is 0.463. The number of ether oxygens (including phenoxy) is 2. The van der Waals surface area contributed by atoms with Crippen molar-refractivity contribution in [3.05, 3.63) is 59.7 Å². The molecule has 2 aromatic rings. The Morgan fingerprint density at radius 1 is 0.971 bits per heavy atom. The van der Waals surface area contributed by atoms with Crippen molar-refractivity contribution in [3.63, 3.8) is 0 Å². The van der Waals surface area contributed by atoms with Crippen LogP contribution in [0.5, 0.6) is 0 Å². The summed E-state index contributed by atoms with van der Waals surface area (Å²) in [5.41, 5.74) is 4.70. The van der Waals surface area contributed by atoms with Crippen molar-refractivity contribution in [1.82, 2.24) is 10.6 Å². The van der Waals surface area contributed by atoms with Gasteiger partial charge in [0.1, 0.15) is 13.2 Å². The van der Waals surface area contributed by atoms with E-state index in [1.807, 2.05) is 24.3 Å². The molecule has 8 nitrogen and oxygen atoms in total. The van der Waals surface area contributed by atoms with Gasteiger partial charge in [0.25, 0.3) is 0 Å². The molecule has 0 unspecified atom stereocenters. The third-order valence-corrected chi connectivity index (χ3v) is 6.55. The molecular formula is C26H30N2O6. The lowest BCUT2D eigenvalue weighted by molar-refractivity contribution is -0.142. The van der Waals surface area contributed by atoms with Crippen molar-refractivity contribution in [2.24, 2.45) is 5.92 Å². The predicted octanol–water partition coefficient (Wildman–Crippen LogP) is 3.30. The summed E-state index contributed by atoms with van der Waals surface area (Å²) in [5.74, 6) is -1.13. The van der Waals surface area contributed by atoms with Gasteiger partial charge in [0.15, 0.2) is 0 Å². The van der Waals surface area contributed by atoms with Gasteiger partial charge in [-0.15, -0.1) is 0 Å². The summed E-state index contributed by atoms with van der Waals surface area (Å²) in [6, 6.07) is 16.3. The smallest absolute Gasteiger partial charge is 0.407 e. The van der Waals surface area contributed by atoms with E-state index in [-0.39, 0.29) is 50.2 Å². The molecule has 0 bridgehead atoms. The maximum absolute atomic E-state index is 12.6. The van der Waals surface area contributed by atoms with E-state index < -0.39 is 12.1 Å². The summed E-state index contributed by atoms with van der Waals surface area (Å²) in [6.07, 6.45) is 2.45. The van der Waals surface area contributed by atoms with Gasteiger partial charge in [-0.1, -0.05) is 55.0 Å². The first-order valence-electron chi connectivity index (χ1n) is 11.7. The molecule has 0 heterocycles. The average Bonchev–Trinajstić information content (AvgIpc) is 3.39. The third-order valence-electron chi connectivity index (χ3n) is 6.55. The Kier molecular flexibility index (Phi) is 7.80. The molecule has 8 heteroatoms. The topological polar surface area (TPSA) is 114 Å². The first kappa shape index (κ1) is 23.8. The van der Waals surface area contributed by atoms with E-state index in [0.717, 1.165) is 19.3 Å². The van der Waals surface area contributed by atoms with Crippen LogP contribution in [0.3, 0.4) is 0 Å². The molecule has 1 fully saturated rings. The summed E-state index contributed by atoms with van der Waals surface area (Å²) in [4.78, 5) is 35.3. The predicted molar refractivity (Wildman–Crippen MR) is 125 cm³/mol. The van der Waals surface area contributed by atoms with Crippen LogP contribution in [0.2, 0.25) is 0 Å². The number of nitrogens with one attached hydrogen (secondary N) is 2.